The van der Waals surface area contributed by atoms with Gasteiger partial charge in [0.05, 0.1) is 11.8 Å². The van der Waals surface area contributed by atoms with Gasteiger partial charge in [-0.05, 0) is 42.3 Å². The molecule has 0 saturated heterocycles. The Balaban J connectivity index is 1.34. The minimum atomic E-state index is -1.08. The highest BCUT2D eigenvalue weighted by atomic mass is 32.2. The molecular formula is C27H21F3N4O2S. The summed E-state index contributed by atoms with van der Waals surface area (Å²) in [5.74, 6) is -3.46. The lowest BCUT2D eigenvalue weighted by Gasteiger charge is -2.23. The summed E-state index contributed by atoms with van der Waals surface area (Å²) in [7, 11) is 0. The van der Waals surface area contributed by atoms with Crippen LogP contribution in [0.2, 0.25) is 0 Å². The fourth-order valence-corrected chi connectivity index (χ4v) is 5.17. The molecule has 2 atom stereocenters. The lowest BCUT2D eigenvalue weighted by molar-refractivity contribution is -0.121. The summed E-state index contributed by atoms with van der Waals surface area (Å²) < 4.78 is 40.1. The lowest BCUT2D eigenvalue weighted by Crippen LogP contribution is -2.25. The van der Waals surface area contributed by atoms with Gasteiger partial charge in [-0.2, -0.15) is 10.1 Å². The van der Waals surface area contributed by atoms with E-state index in [0.717, 1.165) is 46.3 Å². The number of benzene rings is 3. The molecule has 0 unspecified atom stereocenters. The topological polar surface area (TPSA) is 74.1 Å². The van der Waals surface area contributed by atoms with Crippen LogP contribution in [0.4, 0.5) is 18.9 Å². The van der Waals surface area contributed by atoms with Crippen molar-refractivity contribution in [2.45, 2.75) is 31.1 Å². The summed E-state index contributed by atoms with van der Waals surface area (Å²) in [6.45, 7) is 1.99. The first kappa shape index (κ1) is 24.8. The molecule has 5 rings (SSSR count). The number of thioether (sulfide) groups is 1. The minimum Gasteiger partial charge on any atom is -0.326 e. The quantitative estimate of drug-likeness (QED) is 0.474. The number of amidine groups is 1. The molecule has 37 heavy (non-hydrogen) atoms. The first-order chi connectivity index (χ1) is 17.8. The van der Waals surface area contributed by atoms with E-state index in [4.69, 9.17) is 5.10 Å². The number of halogens is 3. The van der Waals surface area contributed by atoms with Crippen molar-refractivity contribution in [2.75, 3.05) is 5.32 Å². The molecule has 2 aliphatic rings. The average Bonchev–Trinajstić information content (AvgIpc) is 3.46. The zero-order valence-electron chi connectivity index (χ0n) is 19.6. The van der Waals surface area contributed by atoms with Gasteiger partial charge in [0.25, 0.3) is 5.91 Å². The maximum absolute atomic E-state index is 13.5. The smallest absolute Gasteiger partial charge is 0.262 e. The molecular weight excluding hydrogens is 501 g/mol. The molecule has 3 aromatic carbocycles. The number of carbonyl (C=O) groups is 2. The van der Waals surface area contributed by atoms with Gasteiger partial charge in [-0.3, -0.25) is 9.59 Å². The van der Waals surface area contributed by atoms with Crippen molar-refractivity contribution in [3.63, 3.8) is 0 Å². The van der Waals surface area contributed by atoms with Gasteiger partial charge in [0.15, 0.2) is 16.8 Å². The molecule has 0 aromatic heterocycles. The van der Waals surface area contributed by atoms with Crippen molar-refractivity contribution in [3.8, 4) is 0 Å². The molecule has 0 radical (unpaired) electrons. The summed E-state index contributed by atoms with van der Waals surface area (Å²) in [6.07, 6.45) is 0.316. The Hall–Kier alpha value is -3.92. The molecule has 2 aliphatic heterocycles. The number of aryl methyl sites for hydroxylation is 1. The second-order valence-corrected chi connectivity index (χ2v) is 9.92. The van der Waals surface area contributed by atoms with Crippen LogP contribution < -0.4 is 5.32 Å². The van der Waals surface area contributed by atoms with Gasteiger partial charge in [-0.15, -0.1) is 0 Å². The number of anilines is 1. The van der Waals surface area contributed by atoms with Crippen molar-refractivity contribution >= 4 is 40.1 Å². The molecule has 3 aromatic rings. The highest BCUT2D eigenvalue weighted by Crippen LogP contribution is 2.38. The Morgan fingerprint density at radius 3 is 2.46 bits per heavy atom. The highest BCUT2D eigenvalue weighted by Gasteiger charge is 2.39. The Bertz CT molecular complexity index is 1420. The zero-order valence-corrected chi connectivity index (χ0v) is 20.4. The molecule has 188 valence electrons. The number of rotatable bonds is 5. The molecule has 0 aliphatic carbocycles. The Morgan fingerprint density at radius 2 is 1.76 bits per heavy atom. The van der Waals surface area contributed by atoms with E-state index in [2.05, 4.69) is 10.3 Å². The molecule has 2 amide bonds. The van der Waals surface area contributed by atoms with Crippen LogP contribution in [0.1, 0.15) is 35.6 Å². The number of nitrogens with one attached hydrogen (secondary N) is 1. The van der Waals surface area contributed by atoms with Gasteiger partial charge in [0.1, 0.15) is 11.1 Å². The van der Waals surface area contributed by atoms with Gasteiger partial charge in [-0.1, -0.05) is 53.7 Å². The lowest BCUT2D eigenvalue weighted by atomic mass is 9.98. The fraction of sp³-hybridized carbons (Fsp3) is 0.185. The molecule has 10 heteroatoms. The maximum atomic E-state index is 13.5. The largest absolute Gasteiger partial charge is 0.326 e. The Labute approximate surface area is 215 Å². The van der Waals surface area contributed by atoms with E-state index < -0.39 is 28.7 Å². The summed E-state index contributed by atoms with van der Waals surface area (Å²) in [4.78, 5) is 29.4. The van der Waals surface area contributed by atoms with Crippen LogP contribution in [0.3, 0.4) is 0 Å². The van der Waals surface area contributed by atoms with Gasteiger partial charge in [-0.25, -0.2) is 18.2 Å². The Kier molecular flexibility index (Phi) is 6.84. The number of amides is 2. The number of aliphatic imine (C=N–C) groups is 1. The molecule has 0 fully saturated rings. The molecule has 0 spiro atoms. The monoisotopic (exact) mass is 522 g/mol. The molecule has 2 heterocycles. The van der Waals surface area contributed by atoms with Crippen LogP contribution >= 0.6 is 11.8 Å². The first-order valence-electron chi connectivity index (χ1n) is 11.5. The second-order valence-electron chi connectivity index (χ2n) is 8.75. The number of hydrogen-bond donors (Lipinski definition) is 1. The summed E-state index contributed by atoms with van der Waals surface area (Å²) >= 11 is 1.13. The molecule has 0 saturated carbocycles. The van der Waals surface area contributed by atoms with Crippen molar-refractivity contribution < 1.29 is 22.8 Å². The third kappa shape index (κ3) is 5.43. The van der Waals surface area contributed by atoms with E-state index in [1.54, 1.807) is 17.1 Å². The summed E-state index contributed by atoms with van der Waals surface area (Å²) in [6, 6.07) is 16.8. The van der Waals surface area contributed by atoms with Crippen LogP contribution in [-0.4, -0.2) is 33.0 Å². The highest BCUT2D eigenvalue weighted by molar-refractivity contribution is 8.15. The van der Waals surface area contributed by atoms with Crippen LogP contribution in [0.25, 0.3) is 0 Å². The number of carbonyl (C=O) groups excluding carboxylic acids is 2. The van der Waals surface area contributed by atoms with Crippen LogP contribution in [-0.2, 0) is 9.59 Å². The first-order valence-corrected chi connectivity index (χ1v) is 12.4. The fourth-order valence-electron chi connectivity index (χ4n) is 4.11. The SMILES string of the molecule is Cc1ccc([C@@H]2CC(c3ccc(F)cc3)=NN2C2=NC(=O)[C@H](CC(=O)Nc3ccc(F)c(F)c3)S2)cc1. The second kappa shape index (κ2) is 10.2. The Morgan fingerprint density at radius 1 is 1.03 bits per heavy atom. The van der Waals surface area contributed by atoms with Crippen molar-refractivity contribution in [1.82, 2.24) is 5.01 Å². The average molecular weight is 523 g/mol. The van der Waals surface area contributed by atoms with Crippen molar-refractivity contribution in [1.29, 1.82) is 0 Å². The van der Waals surface area contributed by atoms with E-state index in [1.165, 1.54) is 18.2 Å². The van der Waals surface area contributed by atoms with Gasteiger partial charge >= 0.3 is 0 Å². The van der Waals surface area contributed by atoms with Crippen LogP contribution in [0, 0.1) is 24.4 Å². The zero-order chi connectivity index (χ0) is 26.1. The van der Waals surface area contributed by atoms with Crippen LogP contribution in [0.15, 0.2) is 76.8 Å². The molecule has 1 N–H and O–H groups in total. The summed E-state index contributed by atoms with van der Waals surface area (Å²) in [5, 5.41) is 8.46. The number of hydrogen-bond acceptors (Lipinski definition) is 5. The third-order valence-electron chi connectivity index (χ3n) is 6.05. The number of nitrogens with zero attached hydrogens (tertiary/aromatic N) is 3. The predicted molar refractivity (Wildman–Crippen MR) is 137 cm³/mol. The molecule has 6 nitrogen and oxygen atoms in total. The van der Waals surface area contributed by atoms with Gasteiger partial charge in [0.2, 0.25) is 5.91 Å². The van der Waals surface area contributed by atoms with E-state index in [9.17, 15) is 22.8 Å². The van der Waals surface area contributed by atoms with Crippen molar-refractivity contribution in [3.05, 3.63) is 101 Å². The standard InChI is InChI=1S/C27H21F3N4O2S/c1-15-2-4-17(5-3-15)23-13-22(16-6-8-18(28)9-7-16)33-34(23)27-32-26(36)24(37-27)14-25(35)31-19-10-11-20(29)21(30)12-19/h2-12,23-24H,13-14H2,1H3,(H,31,35)/t23-,24-/m0/s1. The van der Waals surface area contributed by atoms with Gasteiger partial charge in [0, 0.05) is 24.6 Å². The van der Waals surface area contributed by atoms with E-state index in [0.29, 0.717) is 11.6 Å². The maximum Gasteiger partial charge on any atom is 0.262 e. The normalized spacial score (nSPS) is 19.1. The van der Waals surface area contributed by atoms with Crippen LogP contribution in [0.5, 0.6) is 0 Å². The van der Waals surface area contributed by atoms with Crippen molar-refractivity contribution in [2.24, 2.45) is 10.1 Å². The van der Waals surface area contributed by atoms with Gasteiger partial charge < -0.3 is 5.32 Å². The third-order valence-corrected chi connectivity index (χ3v) is 7.19. The minimum absolute atomic E-state index is 0.0907. The summed E-state index contributed by atoms with van der Waals surface area (Å²) in [5.41, 5.74) is 3.65. The number of hydrazone groups is 1. The van der Waals surface area contributed by atoms with E-state index in [1.807, 2.05) is 31.2 Å². The predicted octanol–water partition coefficient (Wildman–Crippen LogP) is 5.59. The van der Waals surface area contributed by atoms with E-state index >= 15 is 0 Å². The van der Waals surface area contributed by atoms with E-state index in [-0.39, 0.29) is 24.0 Å². The molecule has 0 bridgehead atoms.